The first-order valence-electron chi connectivity index (χ1n) is 4.25. The van der Waals surface area contributed by atoms with E-state index in [2.05, 4.69) is 4.98 Å². The van der Waals surface area contributed by atoms with Gasteiger partial charge in [0.1, 0.15) is 5.75 Å². The molecule has 1 aromatic heterocycles. The summed E-state index contributed by atoms with van der Waals surface area (Å²) in [6.07, 6.45) is 0. The Morgan fingerprint density at radius 3 is 2.93 bits per heavy atom. The average Bonchev–Trinajstić information content (AvgIpc) is 2.45. The predicted octanol–water partition coefficient (Wildman–Crippen LogP) is 0.0275. The molecule has 0 saturated carbocycles. The summed E-state index contributed by atoms with van der Waals surface area (Å²) in [6.45, 7) is 0.116. The first-order chi connectivity index (χ1) is 6.72. The summed E-state index contributed by atoms with van der Waals surface area (Å²) in [7, 11) is 0. The number of hydrogen-bond acceptors (Lipinski definition) is 3. The second-order valence-corrected chi connectivity index (χ2v) is 3.01. The van der Waals surface area contributed by atoms with Gasteiger partial charge in [-0.05, 0) is 12.1 Å². The number of phenolic OH excluding ortho intramolecular Hbond substituents is 1. The number of aromatic nitrogens is 2. The largest absolute Gasteiger partial charge is 0.508 e. The first kappa shape index (κ1) is 8.83. The van der Waals surface area contributed by atoms with E-state index < -0.39 is 0 Å². The number of aromatic amines is 1. The zero-order chi connectivity index (χ0) is 10.1. The molecule has 1 aromatic carbocycles. The van der Waals surface area contributed by atoms with Crippen LogP contribution in [0.25, 0.3) is 11.0 Å². The van der Waals surface area contributed by atoms with Crippen molar-refractivity contribution in [3.8, 4) is 5.75 Å². The third-order valence-corrected chi connectivity index (χ3v) is 2.08. The molecule has 5 heteroatoms. The Morgan fingerprint density at radius 1 is 1.43 bits per heavy atom. The van der Waals surface area contributed by atoms with Crippen molar-refractivity contribution in [2.45, 2.75) is 6.54 Å². The highest BCUT2D eigenvalue weighted by Crippen LogP contribution is 2.16. The van der Waals surface area contributed by atoms with E-state index in [-0.39, 0.29) is 24.6 Å². The smallest absolute Gasteiger partial charge is 0.326 e. The first-order valence-corrected chi connectivity index (χ1v) is 4.25. The van der Waals surface area contributed by atoms with Crippen molar-refractivity contribution in [3.05, 3.63) is 28.7 Å². The summed E-state index contributed by atoms with van der Waals surface area (Å²) in [5, 5.41) is 18.0. The number of nitrogens with zero attached hydrogens (tertiary/aromatic N) is 1. The number of nitrogens with one attached hydrogen (secondary N) is 1. The highest BCUT2D eigenvalue weighted by molar-refractivity contribution is 5.76. The van der Waals surface area contributed by atoms with Crippen molar-refractivity contribution >= 4 is 11.0 Å². The molecule has 3 N–H and O–H groups in total. The van der Waals surface area contributed by atoms with Crippen LogP contribution in [0.2, 0.25) is 0 Å². The Kier molecular flexibility index (Phi) is 2.01. The molecule has 5 nitrogen and oxygen atoms in total. The van der Waals surface area contributed by atoms with E-state index in [1.165, 1.54) is 16.7 Å². The SMILES string of the molecule is O=c1[nH]c2ccc(O)cc2n1CCO. The number of imidazole rings is 1. The van der Waals surface area contributed by atoms with Gasteiger partial charge < -0.3 is 15.2 Å². The van der Waals surface area contributed by atoms with E-state index >= 15 is 0 Å². The number of benzene rings is 1. The molecule has 0 fully saturated rings. The Bertz CT molecular complexity index is 512. The van der Waals surface area contributed by atoms with E-state index in [1.807, 2.05) is 0 Å². The van der Waals surface area contributed by atoms with Gasteiger partial charge >= 0.3 is 5.69 Å². The molecule has 0 radical (unpaired) electrons. The number of aromatic hydroxyl groups is 1. The van der Waals surface area contributed by atoms with Gasteiger partial charge in [0.15, 0.2) is 0 Å². The molecule has 14 heavy (non-hydrogen) atoms. The quantitative estimate of drug-likeness (QED) is 0.631. The Labute approximate surface area is 79.2 Å². The van der Waals surface area contributed by atoms with Gasteiger partial charge in [0, 0.05) is 6.07 Å². The summed E-state index contributed by atoms with van der Waals surface area (Å²) >= 11 is 0. The third-order valence-electron chi connectivity index (χ3n) is 2.08. The normalized spacial score (nSPS) is 10.9. The fraction of sp³-hybridized carbons (Fsp3) is 0.222. The van der Waals surface area contributed by atoms with Crippen LogP contribution in [0.4, 0.5) is 0 Å². The lowest BCUT2D eigenvalue weighted by Gasteiger charge is -1.99. The second-order valence-electron chi connectivity index (χ2n) is 3.01. The topological polar surface area (TPSA) is 78.2 Å². The molecule has 74 valence electrons. The summed E-state index contributed by atoms with van der Waals surface area (Å²) in [5.74, 6) is 0.100. The molecule has 1 heterocycles. The van der Waals surface area contributed by atoms with Crippen molar-refractivity contribution in [2.75, 3.05) is 6.61 Å². The number of H-pyrrole nitrogens is 1. The Morgan fingerprint density at radius 2 is 2.21 bits per heavy atom. The summed E-state index contributed by atoms with van der Waals surface area (Å²) in [4.78, 5) is 14.0. The van der Waals surface area contributed by atoms with E-state index in [0.29, 0.717) is 11.0 Å². The lowest BCUT2D eigenvalue weighted by Crippen LogP contribution is -2.18. The minimum atomic E-state index is -0.278. The second kappa shape index (κ2) is 3.19. The van der Waals surface area contributed by atoms with Crippen LogP contribution in [0.5, 0.6) is 5.75 Å². The number of hydrogen-bond donors (Lipinski definition) is 3. The average molecular weight is 194 g/mol. The highest BCUT2D eigenvalue weighted by Gasteiger charge is 2.05. The Hall–Kier alpha value is -1.75. The molecule has 2 rings (SSSR count). The fourth-order valence-corrected chi connectivity index (χ4v) is 1.46. The van der Waals surface area contributed by atoms with E-state index in [9.17, 15) is 9.90 Å². The summed E-state index contributed by atoms with van der Waals surface area (Å²) < 4.78 is 1.38. The maximum absolute atomic E-state index is 11.4. The molecule has 0 aliphatic carbocycles. The van der Waals surface area contributed by atoms with Crippen molar-refractivity contribution in [3.63, 3.8) is 0 Å². The highest BCUT2D eigenvalue weighted by atomic mass is 16.3. The van der Waals surface area contributed by atoms with Gasteiger partial charge in [-0.15, -0.1) is 0 Å². The van der Waals surface area contributed by atoms with Crippen LogP contribution in [0.15, 0.2) is 23.0 Å². The van der Waals surface area contributed by atoms with Crippen LogP contribution in [-0.4, -0.2) is 26.4 Å². The van der Waals surface area contributed by atoms with Crippen LogP contribution >= 0.6 is 0 Å². The molecule has 0 unspecified atom stereocenters. The molecule has 0 amide bonds. The molecule has 0 aliphatic rings. The number of rotatable bonds is 2. The molecule has 0 aliphatic heterocycles. The monoisotopic (exact) mass is 194 g/mol. The van der Waals surface area contributed by atoms with Gasteiger partial charge in [-0.3, -0.25) is 4.57 Å². The van der Waals surface area contributed by atoms with Gasteiger partial charge in [-0.25, -0.2) is 4.79 Å². The third kappa shape index (κ3) is 1.27. The van der Waals surface area contributed by atoms with Gasteiger partial charge in [-0.1, -0.05) is 0 Å². The zero-order valence-electron chi connectivity index (χ0n) is 7.40. The van der Waals surface area contributed by atoms with Gasteiger partial charge in [0.25, 0.3) is 0 Å². The zero-order valence-corrected chi connectivity index (χ0v) is 7.40. The minimum Gasteiger partial charge on any atom is -0.508 e. The van der Waals surface area contributed by atoms with Crippen LogP contribution in [-0.2, 0) is 6.54 Å². The van der Waals surface area contributed by atoms with Crippen molar-refractivity contribution < 1.29 is 10.2 Å². The van der Waals surface area contributed by atoms with Crippen molar-refractivity contribution in [2.24, 2.45) is 0 Å². The van der Waals surface area contributed by atoms with E-state index in [4.69, 9.17) is 5.11 Å². The molecular weight excluding hydrogens is 184 g/mol. The predicted molar refractivity (Wildman–Crippen MR) is 51.3 cm³/mol. The van der Waals surface area contributed by atoms with Crippen molar-refractivity contribution in [1.82, 2.24) is 9.55 Å². The molecule has 0 bridgehead atoms. The molecule has 0 atom stereocenters. The minimum absolute atomic E-state index is 0.100. The van der Waals surface area contributed by atoms with Crippen LogP contribution in [0.1, 0.15) is 0 Å². The molecule has 0 spiro atoms. The molecule has 2 aromatic rings. The van der Waals surface area contributed by atoms with Crippen LogP contribution in [0.3, 0.4) is 0 Å². The van der Waals surface area contributed by atoms with Gasteiger partial charge in [0.2, 0.25) is 0 Å². The fourth-order valence-electron chi connectivity index (χ4n) is 1.46. The van der Waals surface area contributed by atoms with Crippen LogP contribution in [0, 0.1) is 0 Å². The number of aliphatic hydroxyl groups excluding tert-OH is 1. The lowest BCUT2D eigenvalue weighted by atomic mass is 10.3. The van der Waals surface area contributed by atoms with Crippen molar-refractivity contribution in [1.29, 1.82) is 0 Å². The van der Waals surface area contributed by atoms with Crippen LogP contribution < -0.4 is 5.69 Å². The molecular formula is C9H10N2O3. The summed E-state index contributed by atoms with van der Waals surface area (Å²) in [5.41, 5.74) is 0.977. The molecule has 0 saturated heterocycles. The Balaban J connectivity index is 2.73. The van der Waals surface area contributed by atoms with E-state index in [1.54, 1.807) is 6.07 Å². The number of fused-ring (bicyclic) bond motifs is 1. The standard InChI is InChI=1S/C9H10N2O3/c12-4-3-11-8-5-6(13)1-2-7(8)10-9(11)14/h1-2,5,12-13H,3-4H2,(H,10,14). The lowest BCUT2D eigenvalue weighted by molar-refractivity contribution is 0.276. The maximum Gasteiger partial charge on any atom is 0.326 e. The number of aliphatic hydroxyl groups is 1. The van der Waals surface area contributed by atoms with Gasteiger partial charge in [-0.2, -0.15) is 0 Å². The maximum atomic E-state index is 11.4. The van der Waals surface area contributed by atoms with Gasteiger partial charge in [0.05, 0.1) is 24.2 Å². The van der Waals surface area contributed by atoms with E-state index in [0.717, 1.165) is 0 Å². The summed E-state index contributed by atoms with van der Waals surface area (Å²) in [6, 6.07) is 4.62. The number of phenols is 1.